The van der Waals surface area contributed by atoms with E-state index < -0.39 is 26.9 Å². The molecule has 1 aliphatic heterocycles. The Morgan fingerprint density at radius 3 is 2.06 bits per heavy atom. The van der Waals surface area contributed by atoms with E-state index in [9.17, 15) is 22.4 Å². The van der Waals surface area contributed by atoms with Crippen LogP contribution < -0.4 is 10.0 Å². The fourth-order valence-electron chi connectivity index (χ4n) is 3.47. The maximum atomic E-state index is 14.1. The SMILES string of the molecule is CC(C)c1cc(F)cc(C(C)C)c1NC(=O)NS(=O)(=O)c1cc(C(=O)N2CCC2)n(C)n1.[NaH]. The third kappa shape index (κ3) is 5.95. The predicted molar refractivity (Wildman–Crippen MR) is 125 cm³/mol. The zero-order chi connectivity index (χ0) is 23.8. The molecule has 0 spiro atoms. The summed E-state index contributed by atoms with van der Waals surface area (Å²) in [5.41, 5.74) is 1.61. The molecule has 0 aliphatic carbocycles. The second-order valence-electron chi connectivity index (χ2n) is 8.47. The number of amides is 3. The summed E-state index contributed by atoms with van der Waals surface area (Å²) in [6, 6.07) is 2.80. The van der Waals surface area contributed by atoms with Gasteiger partial charge < -0.3 is 10.2 Å². The van der Waals surface area contributed by atoms with Crippen LogP contribution in [-0.4, -0.2) is 77.7 Å². The van der Waals surface area contributed by atoms with Crippen molar-refractivity contribution in [2.24, 2.45) is 7.05 Å². The number of urea groups is 1. The maximum absolute atomic E-state index is 14.1. The van der Waals surface area contributed by atoms with Gasteiger partial charge in [-0.3, -0.25) is 9.48 Å². The molecule has 9 nitrogen and oxygen atoms in total. The van der Waals surface area contributed by atoms with Crippen LogP contribution in [0.15, 0.2) is 23.2 Å². The molecule has 1 saturated heterocycles. The number of aryl methyl sites for hydroxylation is 1. The fourth-order valence-corrected chi connectivity index (χ4v) is 4.37. The molecule has 0 radical (unpaired) electrons. The summed E-state index contributed by atoms with van der Waals surface area (Å²) in [4.78, 5) is 26.6. The molecule has 0 bridgehead atoms. The molecule has 0 atom stereocenters. The Kier molecular flexibility index (Phi) is 8.72. The van der Waals surface area contributed by atoms with Gasteiger partial charge in [0, 0.05) is 31.9 Å². The molecule has 1 fully saturated rings. The summed E-state index contributed by atoms with van der Waals surface area (Å²) in [6.45, 7) is 8.63. The zero-order valence-corrected chi connectivity index (χ0v) is 19.6. The van der Waals surface area contributed by atoms with E-state index in [2.05, 4.69) is 10.4 Å². The van der Waals surface area contributed by atoms with E-state index in [0.29, 0.717) is 29.9 Å². The van der Waals surface area contributed by atoms with Gasteiger partial charge in [0.25, 0.3) is 15.9 Å². The summed E-state index contributed by atoms with van der Waals surface area (Å²) in [5.74, 6) is -0.961. The van der Waals surface area contributed by atoms with E-state index in [1.807, 2.05) is 32.4 Å². The quantitative estimate of drug-likeness (QED) is 0.606. The van der Waals surface area contributed by atoms with Crippen LogP contribution >= 0.6 is 0 Å². The number of nitrogens with zero attached hydrogens (tertiary/aromatic N) is 3. The Hall–Kier alpha value is -1.95. The number of likely N-dealkylation sites (tertiary alicyclic amines) is 1. The molecule has 2 heterocycles. The molecule has 0 saturated carbocycles. The first-order valence-corrected chi connectivity index (χ1v) is 11.9. The van der Waals surface area contributed by atoms with Gasteiger partial charge in [-0.15, -0.1) is 0 Å². The molecular weight excluding hydrogens is 460 g/mol. The molecular formula is C21H29FN5NaO4S. The number of carbonyl (C=O) groups excluding carboxylic acids is 2. The van der Waals surface area contributed by atoms with Crippen LogP contribution in [0.5, 0.6) is 0 Å². The van der Waals surface area contributed by atoms with Gasteiger partial charge in [-0.1, -0.05) is 27.7 Å². The first kappa shape index (κ1) is 27.3. The van der Waals surface area contributed by atoms with Crippen LogP contribution in [0.4, 0.5) is 14.9 Å². The monoisotopic (exact) mass is 489 g/mol. The van der Waals surface area contributed by atoms with Crippen molar-refractivity contribution in [2.75, 3.05) is 18.4 Å². The average molecular weight is 490 g/mol. The second-order valence-corrected chi connectivity index (χ2v) is 10.1. The summed E-state index contributed by atoms with van der Waals surface area (Å²) < 4.78 is 42.7. The molecule has 2 N–H and O–H groups in total. The van der Waals surface area contributed by atoms with Crippen LogP contribution in [0, 0.1) is 5.82 Å². The first-order valence-electron chi connectivity index (χ1n) is 10.4. The summed E-state index contributed by atoms with van der Waals surface area (Å²) in [5, 5.41) is 6.03. The van der Waals surface area contributed by atoms with E-state index in [4.69, 9.17) is 0 Å². The summed E-state index contributed by atoms with van der Waals surface area (Å²) in [7, 11) is -2.88. The van der Waals surface area contributed by atoms with Gasteiger partial charge in [0.1, 0.15) is 11.5 Å². The molecule has 1 aliphatic rings. The Morgan fingerprint density at radius 2 is 1.61 bits per heavy atom. The van der Waals surface area contributed by atoms with Crippen molar-refractivity contribution in [3.63, 3.8) is 0 Å². The van der Waals surface area contributed by atoms with Gasteiger partial charge in [-0.2, -0.15) is 13.5 Å². The molecule has 176 valence electrons. The van der Waals surface area contributed by atoms with Gasteiger partial charge in [-0.25, -0.2) is 13.9 Å². The van der Waals surface area contributed by atoms with Crippen molar-refractivity contribution in [1.82, 2.24) is 19.4 Å². The normalized spacial score (nSPS) is 13.5. The van der Waals surface area contributed by atoms with Crippen LogP contribution in [0.2, 0.25) is 0 Å². The molecule has 3 amide bonds. The fraction of sp³-hybridized carbons (Fsp3) is 0.476. The number of hydrogen-bond donors (Lipinski definition) is 2. The number of halogens is 1. The van der Waals surface area contributed by atoms with Crippen molar-refractivity contribution >= 4 is 57.2 Å². The number of carbonyl (C=O) groups is 2. The summed E-state index contributed by atoms with van der Waals surface area (Å²) in [6.07, 6.45) is 0.899. The standard InChI is InChI=1S/C21H28FN5O4S.Na.H/c1-12(2)15-9-14(22)10-16(13(3)4)19(15)23-21(29)25-32(30,31)18-11-17(26(5)24-18)20(28)27-7-6-8-27;;/h9-13H,6-8H2,1-5H3,(H2,23,25,29);;. The molecule has 12 heteroatoms. The van der Waals surface area contributed by atoms with Crippen molar-refractivity contribution in [3.05, 3.63) is 40.8 Å². The van der Waals surface area contributed by atoms with Crippen molar-refractivity contribution < 1.29 is 22.4 Å². The Balaban J connectivity index is 0.00000385. The first-order chi connectivity index (χ1) is 14.9. The van der Waals surface area contributed by atoms with Crippen LogP contribution in [0.25, 0.3) is 0 Å². The molecule has 2 aromatic rings. The van der Waals surface area contributed by atoms with Gasteiger partial charge in [0.15, 0.2) is 5.03 Å². The van der Waals surface area contributed by atoms with E-state index in [-0.39, 0.29) is 53.0 Å². The summed E-state index contributed by atoms with van der Waals surface area (Å²) >= 11 is 0. The van der Waals surface area contributed by atoms with E-state index in [0.717, 1.165) is 12.5 Å². The molecule has 1 aromatic carbocycles. The van der Waals surface area contributed by atoms with Crippen LogP contribution in [-0.2, 0) is 17.1 Å². The number of anilines is 1. The van der Waals surface area contributed by atoms with Gasteiger partial charge in [0.05, 0.1) is 0 Å². The average Bonchev–Trinajstić information content (AvgIpc) is 3.03. The number of hydrogen-bond acceptors (Lipinski definition) is 5. The van der Waals surface area contributed by atoms with E-state index >= 15 is 0 Å². The third-order valence-electron chi connectivity index (χ3n) is 5.37. The van der Waals surface area contributed by atoms with Crippen LogP contribution in [0.3, 0.4) is 0 Å². The predicted octanol–water partition coefficient (Wildman–Crippen LogP) is 2.51. The van der Waals surface area contributed by atoms with E-state index in [1.165, 1.54) is 23.9 Å². The molecule has 1 aromatic heterocycles. The van der Waals surface area contributed by atoms with Gasteiger partial charge in [-0.05, 0) is 41.5 Å². The number of rotatable bonds is 6. The number of aromatic nitrogens is 2. The minimum atomic E-state index is -4.34. The Morgan fingerprint density at radius 1 is 1.06 bits per heavy atom. The second kappa shape index (κ2) is 10.5. The van der Waals surface area contributed by atoms with Gasteiger partial charge in [0.2, 0.25) is 0 Å². The molecule has 0 unspecified atom stereocenters. The number of benzene rings is 1. The molecule has 33 heavy (non-hydrogen) atoms. The topological polar surface area (TPSA) is 113 Å². The van der Waals surface area contributed by atoms with Crippen molar-refractivity contribution in [2.45, 2.75) is 51.0 Å². The van der Waals surface area contributed by atoms with Crippen molar-refractivity contribution in [3.8, 4) is 0 Å². The number of nitrogens with one attached hydrogen (secondary N) is 2. The number of sulfonamides is 1. The molecule has 3 rings (SSSR count). The zero-order valence-electron chi connectivity index (χ0n) is 18.8. The minimum absolute atomic E-state index is 0. The van der Waals surface area contributed by atoms with Crippen LogP contribution in [0.1, 0.15) is 67.6 Å². The van der Waals surface area contributed by atoms with Gasteiger partial charge >= 0.3 is 35.6 Å². The Bertz CT molecular complexity index is 1130. The third-order valence-corrected chi connectivity index (χ3v) is 6.57. The van der Waals surface area contributed by atoms with Crippen molar-refractivity contribution in [1.29, 1.82) is 0 Å². The Labute approximate surface area is 215 Å². The van der Waals surface area contributed by atoms with E-state index in [1.54, 1.807) is 4.90 Å².